The van der Waals surface area contributed by atoms with Crippen molar-refractivity contribution in [3.8, 4) is 0 Å². The maximum atomic E-state index is 11.5. The quantitative estimate of drug-likeness (QED) is 0.543. The Labute approximate surface area is 150 Å². The van der Waals surface area contributed by atoms with E-state index in [0.29, 0.717) is 11.1 Å². The third kappa shape index (κ3) is 3.40. The lowest BCUT2D eigenvalue weighted by molar-refractivity contribution is -0.452. The summed E-state index contributed by atoms with van der Waals surface area (Å²) in [5.74, 6) is 0. The molecule has 12 nitrogen and oxygen atoms in total. The van der Waals surface area contributed by atoms with Crippen LogP contribution in [0.15, 0.2) is 24.3 Å². The Morgan fingerprint density at radius 1 is 0.704 bits per heavy atom. The van der Waals surface area contributed by atoms with E-state index in [-0.39, 0.29) is 17.5 Å². The van der Waals surface area contributed by atoms with E-state index in [1.54, 1.807) is 31.2 Å². The van der Waals surface area contributed by atoms with Gasteiger partial charge < -0.3 is 0 Å². The summed E-state index contributed by atoms with van der Waals surface area (Å²) in [5, 5.41) is 45.6. The molecule has 0 atom stereocenters. The molecule has 0 aliphatic heterocycles. The van der Waals surface area contributed by atoms with Gasteiger partial charge in [-0.1, -0.05) is 24.3 Å². The molecule has 2 rings (SSSR count). The van der Waals surface area contributed by atoms with E-state index in [1.807, 2.05) is 0 Å². The highest BCUT2D eigenvalue weighted by atomic mass is 16.7. The van der Waals surface area contributed by atoms with Crippen LogP contribution >= 0.6 is 0 Å². The minimum atomic E-state index is -1.50. The molecule has 12 heteroatoms. The summed E-state index contributed by atoms with van der Waals surface area (Å²) in [5.41, 5.74) is -4.64. The molecule has 0 unspecified atom stereocenters. The molecule has 0 saturated carbocycles. The first-order valence-electron chi connectivity index (χ1n) is 7.39. The van der Waals surface area contributed by atoms with E-state index in [0.717, 1.165) is 6.92 Å². The van der Waals surface area contributed by atoms with Crippen LogP contribution in [-0.4, -0.2) is 19.7 Å². The Morgan fingerprint density at radius 2 is 1.15 bits per heavy atom. The summed E-state index contributed by atoms with van der Waals surface area (Å²) < 4.78 is 0. The zero-order chi connectivity index (χ0) is 20.5. The predicted octanol–water partition coefficient (Wildman–Crippen LogP) is 3.53. The van der Waals surface area contributed by atoms with Gasteiger partial charge in [0.15, 0.2) is 0 Å². The molecule has 0 heterocycles. The molecular formula is C15H12N4O8. The lowest BCUT2D eigenvalue weighted by Crippen LogP contribution is -2.11. The molecule has 0 aliphatic carbocycles. The van der Waals surface area contributed by atoms with Gasteiger partial charge in [0.05, 0.1) is 25.3 Å². The van der Waals surface area contributed by atoms with Crippen molar-refractivity contribution in [2.24, 2.45) is 0 Å². The second-order valence-corrected chi connectivity index (χ2v) is 5.63. The molecule has 2 aromatic rings. The highest BCUT2D eigenvalue weighted by Crippen LogP contribution is 2.48. The molecule has 0 aliphatic rings. The summed E-state index contributed by atoms with van der Waals surface area (Å²) in [4.78, 5) is 40.7. The summed E-state index contributed by atoms with van der Waals surface area (Å²) >= 11 is 0. The zero-order valence-electron chi connectivity index (χ0n) is 14.1. The molecule has 0 radical (unpaired) electrons. The maximum absolute atomic E-state index is 11.5. The van der Waals surface area contributed by atoms with Crippen LogP contribution in [0.3, 0.4) is 0 Å². The van der Waals surface area contributed by atoms with Gasteiger partial charge in [0, 0.05) is 12.0 Å². The minimum absolute atomic E-state index is 0.228. The topological polar surface area (TPSA) is 173 Å². The Bertz CT molecular complexity index is 1000. The standard InChI is InChI=1S/C15H12N4O8/c1-8-5-3-4-6-10(8)7-11-9(2)12(16(20)21)14(18(24)25)15(19(26)27)13(11)17(22)23/h3-6H,7H2,1-2H3. The van der Waals surface area contributed by atoms with E-state index in [2.05, 4.69) is 0 Å². The van der Waals surface area contributed by atoms with Gasteiger partial charge in [0.2, 0.25) is 0 Å². The second kappa shape index (κ2) is 7.11. The fraction of sp³-hybridized carbons (Fsp3) is 0.200. The molecular weight excluding hydrogens is 364 g/mol. The van der Waals surface area contributed by atoms with Gasteiger partial charge in [0.25, 0.3) is 0 Å². The monoisotopic (exact) mass is 376 g/mol. The maximum Gasteiger partial charge on any atom is 0.430 e. The van der Waals surface area contributed by atoms with Crippen LogP contribution in [0.1, 0.15) is 22.3 Å². The van der Waals surface area contributed by atoms with Gasteiger partial charge in [-0.3, -0.25) is 40.5 Å². The van der Waals surface area contributed by atoms with Crippen LogP contribution < -0.4 is 0 Å². The average Bonchev–Trinajstić information content (AvgIpc) is 2.56. The van der Waals surface area contributed by atoms with Crippen LogP contribution in [-0.2, 0) is 6.42 Å². The third-order valence-corrected chi connectivity index (χ3v) is 4.13. The Morgan fingerprint density at radius 3 is 1.59 bits per heavy atom. The van der Waals surface area contributed by atoms with Crippen molar-refractivity contribution in [3.63, 3.8) is 0 Å². The third-order valence-electron chi connectivity index (χ3n) is 4.13. The summed E-state index contributed by atoms with van der Waals surface area (Å²) in [6.07, 6.45) is -0.228. The fourth-order valence-electron chi connectivity index (χ4n) is 2.85. The molecule has 0 amide bonds. The second-order valence-electron chi connectivity index (χ2n) is 5.63. The number of benzene rings is 2. The number of nitro groups is 4. The van der Waals surface area contributed by atoms with E-state index in [4.69, 9.17) is 0 Å². The predicted molar refractivity (Wildman–Crippen MR) is 91.8 cm³/mol. The van der Waals surface area contributed by atoms with Gasteiger partial charge in [0.1, 0.15) is 0 Å². The van der Waals surface area contributed by atoms with Crippen LogP contribution in [0.2, 0.25) is 0 Å². The molecule has 27 heavy (non-hydrogen) atoms. The average molecular weight is 376 g/mol. The lowest BCUT2D eigenvalue weighted by atomic mass is 9.93. The van der Waals surface area contributed by atoms with Crippen molar-refractivity contribution >= 4 is 22.7 Å². The highest BCUT2D eigenvalue weighted by molar-refractivity contribution is 5.80. The molecule has 0 N–H and O–H groups in total. The highest BCUT2D eigenvalue weighted by Gasteiger charge is 2.48. The number of hydrogen-bond donors (Lipinski definition) is 0. The number of rotatable bonds is 6. The molecule has 2 aromatic carbocycles. The largest absolute Gasteiger partial charge is 0.430 e. The summed E-state index contributed by atoms with van der Waals surface area (Å²) in [7, 11) is 0. The van der Waals surface area contributed by atoms with Crippen molar-refractivity contribution in [1.82, 2.24) is 0 Å². The van der Waals surface area contributed by atoms with Gasteiger partial charge >= 0.3 is 22.7 Å². The molecule has 0 spiro atoms. The van der Waals surface area contributed by atoms with Crippen molar-refractivity contribution < 1.29 is 19.7 Å². The van der Waals surface area contributed by atoms with E-state index in [9.17, 15) is 40.5 Å². The molecule has 0 fully saturated rings. The Hall–Kier alpha value is -3.96. The Kier molecular flexibility index (Phi) is 5.10. The van der Waals surface area contributed by atoms with Gasteiger partial charge in [-0.05, 0) is 25.0 Å². The first kappa shape index (κ1) is 19.4. The molecule has 0 saturated heterocycles. The number of nitro benzene ring substituents is 4. The van der Waals surface area contributed by atoms with Crippen molar-refractivity contribution in [3.05, 3.63) is 87.0 Å². The van der Waals surface area contributed by atoms with Crippen LogP contribution in [0.4, 0.5) is 22.7 Å². The number of aryl methyl sites for hydroxylation is 1. The van der Waals surface area contributed by atoms with E-state index in [1.165, 1.54) is 0 Å². The fourth-order valence-corrected chi connectivity index (χ4v) is 2.85. The zero-order valence-corrected chi connectivity index (χ0v) is 14.1. The summed E-state index contributed by atoms with van der Waals surface area (Å²) in [6.45, 7) is 2.81. The summed E-state index contributed by atoms with van der Waals surface area (Å²) in [6, 6.07) is 6.65. The molecule has 140 valence electrons. The van der Waals surface area contributed by atoms with Crippen molar-refractivity contribution in [1.29, 1.82) is 0 Å². The number of nitrogens with zero attached hydrogens (tertiary/aromatic N) is 4. The Balaban J connectivity index is 3.01. The smallest absolute Gasteiger partial charge is 0.258 e. The van der Waals surface area contributed by atoms with E-state index >= 15 is 0 Å². The number of hydrogen-bond acceptors (Lipinski definition) is 8. The lowest BCUT2D eigenvalue weighted by Gasteiger charge is -2.10. The van der Waals surface area contributed by atoms with Gasteiger partial charge in [-0.25, -0.2) is 0 Å². The van der Waals surface area contributed by atoms with Crippen LogP contribution in [0.5, 0.6) is 0 Å². The minimum Gasteiger partial charge on any atom is -0.258 e. The normalized spacial score (nSPS) is 10.4. The van der Waals surface area contributed by atoms with Gasteiger partial charge in [-0.2, -0.15) is 0 Å². The van der Waals surface area contributed by atoms with Crippen LogP contribution in [0, 0.1) is 54.3 Å². The van der Waals surface area contributed by atoms with Gasteiger partial charge in [-0.15, -0.1) is 0 Å². The first-order chi connectivity index (χ1) is 12.6. The SMILES string of the molecule is Cc1ccccc1Cc1c(C)c([N+](=O)[O-])c([N+](=O)[O-])c([N+](=O)[O-])c1[N+](=O)[O-]. The first-order valence-corrected chi connectivity index (χ1v) is 7.39. The van der Waals surface area contributed by atoms with E-state index < -0.39 is 42.4 Å². The van der Waals surface area contributed by atoms with Crippen molar-refractivity contribution in [2.75, 3.05) is 0 Å². The van der Waals surface area contributed by atoms with Crippen molar-refractivity contribution in [2.45, 2.75) is 20.3 Å². The molecule has 0 bridgehead atoms. The molecule has 0 aromatic heterocycles. The van der Waals surface area contributed by atoms with Crippen LogP contribution in [0.25, 0.3) is 0 Å².